The van der Waals surface area contributed by atoms with Crippen LogP contribution in [0, 0.1) is 0 Å². The van der Waals surface area contributed by atoms with Crippen molar-refractivity contribution in [3.05, 3.63) is 88.5 Å². The largest absolute Gasteiger partial charge is 0.502 e. The number of phenolic OH excluding ortho intramolecular Hbond substituents is 1. The number of carbonyl (C=O) groups excluding carboxylic acids is 3. The monoisotopic (exact) mass is 713 g/mol. The molecule has 2 heterocycles. The molecular weight excluding hydrogens is 675 g/mol. The Balaban J connectivity index is 1.51. The molecule has 3 aromatic carbocycles. The summed E-state index contributed by atoms with van der Waals surface area (Å²) in [6.45, 7) is 7.11. The first-order valence-corrected chi connectivity index (χ1v) is 16.8. The van der Waals surface area contributed by atoms with E-state index >= 15 is 0 Å². The third-order valence-electron chi connectivity index (χ3n) is 8.33. The van der Waals surface area contributed by atoms with Gasteiger partial charge in [0.15, 0.2) is 16.7 Å². The number of para-hydroxylation sites is 2. The van der Waals surface area contributed by atoms with Crippen molar-refractivity contribution < 1.29 is 38.9 Å². The highest BCUT2D eigenvalue weighted by Gasteiger charge is 2.41. The summed E-state index contributed by atoms with van der Waals surface area (Å²) in [5.41, 5.74) is 7.67. The van der Waals surface area contributed by atoms with Crippen LogP contribution in [0.4, 0.5) is 10.5 Å². The van der Waals surface area contributed by atoms with E-state index in [4.69, 9.17) is 15.2 Å². The maximum absolute atomic E-state index is 14.0. The number of ether oxygens (including phenoxy) is 2. The lowest BCUT2D eigenvalue weighted by Gasteiger charge is -2.26. The lowest BCUT2D eigenvalue weighted by molar-refractivity contribution is -0.134. The van der Waals surface area contributed by atoms with Crippen molar-refractivity contribution in [2.75, 3.05) is 14.2 Å². The molecule has 0 bridgehead atoms. The number of rotatable bonds is 10. The van der Waals surface area contributed by atoms with E-state index in [1.54, 1.807) is 54.6 Å². The van der Waals surface area contributed by atoms with Crippen LogP contribution in [0.5, 0.6) is 17.2 Å². The number of thioether (sulfide) groups is 1. The minimum absolute atomic E-state index is 0.0927. The van der Waals surface area contributed by atoms with Gasteiger partial charge in [0, 0.05) is 22.9 Å². The molecule has 1 aliphatic heterocycles. The number of methoxy groups -OCH3 is 2. The van der Waals surface area contributed by atoms with E-state index in [2.05, 4.69) is 10.3 Å². The van der Waals surface area contributed by atoms with Gasteiger partial charge in [-0.3, -0.25) is 19.3 Å². The van der Waals surface area contributed by atoms with Gasteiger partial charge in [-0.05, 0) is 66.2 Å². The molecule has 2 unspecified atom stereocenters. The predicted octanol–water partition coefficient (Wildman–Crippen LogP) is 5.39. The summed E-state index contributed by atoms with van der Waals surface area (Å²) in [5, 5.41) is 24.1. The zero-order valence-corrected chi connectivity index (χ0v) is 29.8. The fourth-order valence-electron chi connectivity index (χ4n) is 6.00. The zero-order chi connectivity index (χ0) is 37.2. The molecule has 0 aliphatic carbocycles. The van der Waals surface area contributed by atoms with Gasteiger partial charge < -0.3 is 30.7 Å². The minimum atomic E-state index is -1.25. The first-order chi connectivity index (χ1) is 24.2. The number of carbonyl (C=O) groups is 4. The Morgan fingerprint density at radius 3 is 2.20 bits per heavy atom. The van der Waals surface area contributed by atoms with Gasteiger partial charge in [0.25, 0.3) is 5.91 Å². The molecule has 5 rings (SSSR count). The van der Waals surface area contributed by atoms with Gasteiger partial charge in [0.2, 0.25) is 17.6 Å². The molecule has 1 aliphatic rings. The number of nitrogens with one attached hydrogen (secondary N) is 1. The summed E-state index contributed by atoms with van der Waals surface area (Å²) in [6.07, 6.45) is 0.296. The molecule has 266 valence electrons. The first kappa shape index (κ1) is 36.5. The van der Waals surface area contributed by atoms with Crippen molar-refractivity contribution in [2.45, 2.75) is 51.6 Å². The fraction of sp³-hybridized carbons (Fsp3) is 0.270. The van der Waals surface area contributed by atoms with Crippen LogP contribution in [0.25, 0.3) is 17.0 Å². The number of aromatic nitrogens is 1. The number of hydrogen-bond donors (Lipinski definition) is 4. The SMILES string of the molecule is COc1cc(C=C2SC(=Nc3ccccc3)N(C(C)C(=O)NC(Cc3c(C(C)(C)C)n(C(=O)O)c4ccccc34)C(N)=O)C2=O)cc(OC)c1O. The normalized spacial score (nSPS) is 16.0. The molecule has 51 heavy (non-hydrogen) atoms. The molecule has 0 saturated carbocycles. The number of nitrogens with zero attached hydrogens (tertiary/aromatic N) is 3. The highest BCUT2D eigenvalue weighted by molar-refractivity contribution is 8.18. The van der Waals surface area contributed by atoms with E-state index in [0.29, 0.717) is 33.4 Å². The second kappa shape index (κ2) is 14.6. The van der Waals surface area contributed by atoms with Gasteiger partial charge in [-0.15, -0.1) is 0 Å². The maximum Gasteiger partial charge on any atom is 0.416 e. The number of benzene rings is 3. The average Bonchev–Trinajstić information content (AvgIpc) is 3.58. The first-order valence-electron chi connectivity index (χ1n) is 15.9. The van der Waals surface area contributed by atoms with Gasteiger partial charge in [-0.25, -0.2) is 14.4 Å². The van der Waals surface area contributed by atoms with Crippen LogP contribution in [0.3, 0.4) is 0 Å². The highest BCUT2D eigenvalue weighted by atomic mass is 32.2. The lowest BCUT2D eigenvalue weighted by atomic mass is 9.86. The van der Waals surface area contributed by atoms with Gasteiger partial charge in [-0.1, -0.05) is 57.2 Å². The number of hydrogen-bond acceptors (Lipinski definition) is 9. The third-order valence-corrected chi connectivity index (χ3v) is 9.32. The van der Waals surface area contributed by atoms with Crippen LogP contribution in [0.2, 0.25) is 0 Å². The number of primary amides is 1. The maximum atomic E-state index is 14.0. The lowest BCUT2D eigenvalue weighted by Crippen LogP contribution is -2.53. The van der Waals surface area contributed by atoms with E-state index in [9.17, 15) is 29.4 Å². The second-order valence-electron chi connectivity index (χ2n) is 12.8. The molecule has 1 aromatic heterocycles. The standard InChI is InChI=1S/C37H39N5O8S/c1-20(33(45)40-25(32(38)44)19-24-23-14-10-11-15-26(23)42(36(47)48)31(24)37(2,3)4)41-34(46)29(51-35(41)39-22-12-8-7-9-13-22)18-21-16-27(49-5)30(43)28(17-21)50-6/h7-18,20,25,43H,19H2,1-6H3,(H2,38,44)(H,40,45)(H,47,48). The quantitative estimate of drug-likeness (QED) is 0.156. The molecule has 1 fully saturated rings. The van der Waals surface area contributed by atoms with Crippen molar-refractivity contribution in [3.8, 4) is 17.2 Å². The Hall–Kier alpha value is -5.76. The van der Waals surface area contributed by atoms with Gasteiger partial charge in [0.05, 0.1) is 30.3 Å². The van der Waals surface area contributed by atoms with E-state index in [0.717, 1.165) is 11.8 Å². The molecule has 1 saturated heterocycles. The van der Waals surface area contributed by atoms with Crippen LogP contribution in [0.15, 0.2) is 76.6 Å². The van der Waals surface area contributed by atoms with Crippen molar-refractivity contribution in [3.63, 3.8) is 0 Å². The number of carboxylic acid groups (broad SMARTS) is 1. The molecule has 0 spiro atoms. The van der Waals surface area contributed by atoms with Crippen LogP contribution < -0.4 is 20.5 Å². The Labute approximate surface area is 298 Å². The van der Waals surface area contributed by atoms with Crippen molar-refractivity contribution in [1.82, 2.24) is 14.8 Å². The topological polar surface area (TPSA) is 186 Å². The van der Waals surface area contributed by atoms with Crippen LogP contribution in [-0.4, -0.2) is 75.0 Å². The fourth-order valence-corrected chi connectivity index (χ4v) is 7.07. The molecule has 2 atom stereocenters. The number of phenols is 1. The number of aliphatic imine (C=N–C) groups is 1. The van der Waals surface area contributed by atoms with Crippen LogP contribution >= 0.6 is 11.8 Å². The number of fused-ring (bicyclic) bond motifs is 1. The summed E-state index contributed by atoms with van der Waals surface area (Å²) >= 11 is 1.05. The summed E-state index contributed by atoms with van der Waals surface area (Å²) < 4.78 is 11.7. The van der Waals surface area contributed by atoms with Crippen LogP contribution in [-0.2, 0) is 26.2 Å². The number of aromatic hydroxyl groups is 1. The Kier molecular flexibility index (Phi) is 10.5. The third kappa shape index (κ3) is 7.41. The number of amidine groups is 1. The second-order valence-corrected chi connectivity index (χ2v) is 13.9. The Morgan fingerprint density at radius 1 is 1.02 bits per heavy atom. The molecule has 0 radical (unpaired) electrons. The summed E-state index contributed by atoms with van der Waals surface area (Å²) in [5.74, 6) is -1.97. The van der Waals surface area contributed by atoms with E-state index < -0.39 is 41.3 Å². The smallest absolute Gasteiger partial charge is 0.416 e. The van der Waals surface area contributed by atoms with Crippen molar-refractivity contribution >= 4 is 63.4 Å². The average molecular weight is 714 g/mol. The van der Waals surface area contributed by atoms with Gasteiger partial charge in [-0.2, -0.15) is 0 Å². The molecule has 5 N–H and O–H groups in total. The highest BCUT2D eigenvalue weighted by Crippen LogP contribution is 2.41. The van der Waals surface area contributed by atoms with Crippen LogP contribution in [0.1, 0.15) is 44.5 Å². The minimum Gasteiger partial charge on any atom is -0.502 e. The molecule has 14 heteroatoms. The van der Waals surface area contributed by atoms with E-state index in [1.165, 1.54) is 42.7 Å². The number of nitrogens with two attached hydrogens (primary N) is 1. The summed E-state index contributed by atoms with van der Waals surface area (Å²) in [4.78, 5) is 59.5. The van der Waals surface area contributed by atoms with Gasteiger partial charge in [0.1, 0.15) is 12.1 Å². The summed E-state index contributed by atoms with van der Waals surface area (Å²) in [6, 6.07) is 16.5. The molecule has 4 aromatic rings. The van der Waals surface area contributed by atoms with Crippen molar-refractivity contribution in [1.29, 1.82) is 0 Å². The molecule has 3 amide bonds. The molecular formula is C37H39N5O8S. The Bertz CT molecular complexity index is 2060. The van der Waals surface area contributed by atoms with Crippen molar-refractivity contribution in [2.24, 2.45) is 10.7 Å². The van der Waals surface area contributed by atoms with E-state index in [1.807, 2.05) is 26.8 Å². The van der Waals surface area contributed by atoms with E-state index in [-0.39, 0.29) is 33.7 Å². The summed E-state index contributed by atoms with van der Waals surface area (Å²) in [7, 11) is 2.78. The van der Waals surface area contributed by atoms with Gasteiger partial charge >= 0.3 is 6.09 Å². The zero-order valence-electron chi connectivity index (χ0n) is 29.0. The molecule has 13 nitrogen and oxygen atoms in total. The number of amides is 3. The Morgan fingerprint density at radius 2 is 1.63 bits per heavy atom. The predicted molar refractivity (Wildman–Crippen MR) is 196 cm³/mol.